The van der Waals surface area contributed by atoms with Crippen molar-refractivity contribution in [3.8, 4) is 0 Å². The first kappa shape index (κ1) is 17.2. The lowest BCUT2D eigenvalue weighted by Crippen LogP contribution is -2.33. The van der Waals surface area contributed by atoms with E-state index in [4.69, 9.17) is 16.3 Å². The van der Waals surface area contributed by atoms with Crippen LogP contribution in [0.25, 0.3) is 0 Å². The zero-order chi connectivity index (χ0) is 15.2. The van der Waals surface area contributed by atoms with Crippen LogP contribution in [0, 0.1) is 0 Å². The smallest absolute Gasteiger partial charge is 0.242 e. The maximum absolute atomic E-state index is 12.2. The van der Waals surface area contributed by atoms with Gasteiger partial charge in [-0.25, -0.2) is 18.1 Å². The van der Waals surface area contributed by atoms with Gasteiger partial charge >= 0.3 is 0 Å². The molecule has 0 radical (unpaired) electrons. The predicted molar refractivity (Wildman–Crippen MR) is 79.7 cm³/mol. The average Bonchev–Trinajstić information content (AvgIpc) is 2.38. The van der Waals surface area contributed by atoms with Gasteiger partial charge in [0, 0.05) is 32.5 Å². The molecule has 114 valence electrons. The Hall–Kier alpha value is -0.890. The lowest BCUT2D eigenvalue weighted by molar-refractivity contribution is 0.188. The van der Waals surface area contributed by atoms with Crippen molar-refractivity contribution in [3.63, 3.8) is 0 Å². The van der Waals surface area contributed by atoms with E-state index in [1.54, 1.807) is 14.0 Å². The van der Waals surface area contributed by atoms with E-state index in [9.17, 15) is 8.42 Å². The van der Waals surface area contributed by atoms with E-state index in [1.165, 1.54) is 12.3 Å². The molecule has 0 spiro atoms. The highest BCUT2D eigenvalue weighted by Gasteiger charge is 2.19. The second-order valence-corrected chi connectivity index (χ2v) is 6.46. The quantitative estimate of drug-likeness (QED) is 0.764. The molecule has 1 heterocycles. The number of nitrogens with one attached hydrogen (secondary N) is 2. The molecule has 1 unspecified atom stereocenters. The molecule has 0 aliphatic carbocycles. The normalized spacial score (nSPS) is 13.2. The van der Waals surface area contributed by atoms with Crippen LogP contribution in [0.4, 0.5) is 5.82 Å². The van der Waals surface area contributed by atoms with Crippen molar-refractivity contribution in [2.45, 2.75) is 31.2 Å². The molecule has 0 aromatic carbocycles. The van der Waals surface area contributed by atoms with Crippen LogP contribution in [0.2, 0.25) is 5.02 Å². The van der Waals surface area contributed by atoms with Crippen LogP contribution in [0.3, 0.4) is 0 Å². The highest BCUT2D eigenvalue weighted by molar-refractivity contribution is 7.89. The molecule has 1 atom stereocenters. The Morgan fingerprint density at radius 1 is 1.50 bits per heavy atom. The summed E-state index contributed by atoms with van der Waals surface area (Å²) < 4.78 is 31.8. The molecule has 0 aliphatic heterocycles. The van der Waals surface area contributed by atoms with E-state index in [0.717, 1.165) is 0 Å². The molecule has 1 aromatic rings. The van der Waals surface area contributed by atoms with Crippen molar-refractivity contribution in [2.24, 2.45) is 0 Å². The maximum atomic E-state index is 12.2. The first-order valence-electron chi connectivity index (χ1n) is 6.31. The van der Waals surface area contributed by atoms with Gasteiger partial charge in [-0.15, -0.1) is 0 Å². The topological polar surface area (TPSA) is 80.3 Å². The van der Waals surface area contributed by atoms with Crippen LogP contribution >= 0.6 is 11.6 Å². The zero-order valence-corrected chi connectivity index (χ0v) is 13.4. The Morgan fingerprint density at radius 3 is 2.75 bits per heavy atom. The number of nitrogens with zero attached hydrogens (tertiary/aromatic N) is 1. The number of pyridine rings is 1. The van der Waals surface area contributed by atoms with E-state index >= 15 is 0 Å². The van der Waals surface area contributed by atoms with Crippen molar-refractivity contribution in [2.75, 3.05) is 25.6 Å². The largest absolute Gasteiger partial charge is 0.385 e. The SMILES string of the molecule is CCNc1ncc(S(=O)(=O)NC(C)CCOC)cc1Cl. The second kappa shape index (κ2) is 7.78. The van der Waals surface area contributed by atoms with Gasteiger partial charge in [-0.1, -0.05) is 11.6 Å². The molecule has 0 saturated heterocycles. The van der Waals surface area contributed by atoms with Gasteiger partial charge in [-0.3, -0.25) is 0 Å². The first-order valence-corrected chi connectivity index (χ1v) is 8.17. The first-order chi connectivity index (χ1) is 9.40. The molecule has 1 aromatic heterocycles. The number of sulfonamides is 1. The number of halogens is 1. The zero-order valence-electron chi connectivity index (χ0n) is 11.8. The number of ether oxygens (including phenoxy) is 1. The van der Waals surface area contributed by atoms with Gasteiger partial charge in [0.25, 0.3) is 0 Å². The van der Waals surface area contributed by atoms with Crippen LogP contribution in [0.5, 0.6) is 0 Å². The fraction of sp³-hybridized carbons (Fsp3) is 0.583. The molecule has 0 fully saturated rings. The molecular formula is C12H20ClN3O3S. The summed E-state index contributed by atoms with van der Waals surface area (Å²) in [5.74, 6) is 0.473. The lowest BCUT2D eigenvalue weighted by Gasteiger charge is -2.14. The Labute approximate surface area is 124 Å². The maximum Gasteiger partial charge on any atom is 0.242 e. The molecule has 2 N–H and O–H groups in total. The monoisotopic (exact) mass is 321 g/mol. The van der Waals surface area contributed by atoms with Crippen LogP contribution in [-0.2, 0) is 14.8 Å². The second-order valence-electron chi connectivity index (χ2n) is 4.34. The third-order valence-corrected chi connectivity index (χ3v) is 4.43. The minimum Gasteiger partial charge on any atom is -0.385 e. The van der Waals surface area contributed by atoms with Crippen LogP contribution < -0.4 is 10.0 Å². The van der Waals surface area contributed by atoms with Crippen LogP contribution in [0.15, 0.2) is 17.2 Å². The summed E-state index contributed by atoms with van der Waals surface area (Å²) in [6.07, 6.45) is 1.88. The molecule has 0 aliphatic rings. The molecule has 20 heavy (non-hydrogen) atoms. The van der Waals surface area contributed by atoms with Gasteiger partial charge in [0.2, 0.25) is 10.0 Å². The average molecular weight is 322 g/mol. The molecule has 0 bridgehead atoms. The van der Waals surface area contributed by atoms with Gasteiger partial charge in [0.15, 0.2) is 0 Å². The summed E-state index contributed by atoms with van der Waals surface area (Å²) in [5.41, 5.74) is 0. The van der Waals surface area contributed by atoms with Gasteiger partial charge in [0.1, 0.15) is 10.7 Å². The van der Waals surface area contributed by atoms with Crippen molar-refractivity contribution in [1.82, 2.24) is 9.71 Å². The summed E-state index contributed by atoms with van der Waals surface area (Å²) in [6, 6.07) is 1.16. The molecule has 0 saturated carbocycles. The van der Waals surface area contributed by atoms with Crippen LogP contribution in [0.1, 0.15) is 20.3 Å². The molecule has 8 heteroatoms. The van der Waals surface area contributed by atoms with Gasteiger partial charge in [-0.05, 0) is 26.3 Å². The van der Waals surface area contributed by atoms with E-state index in [-0.39, 0.29) is 16.0 Å². The highest BCUT2D eigenvalue weighted by atomic mass is 35.5. The van der Waals surface area contributed by atoms with E-state index in [0.29, 0.717) is 25.4 Å². The number of aromatic nitrogens is 1. The summed E-state index contributed by atoms with van der Waals surface area (Å²) in [7, 11) is -2.05. The van der Waals surface area contributed by atoms with Crippen LogP contribution in [-0.4, -0.2) is 39.7 Å². The summed E-state index contributed by atoms with van der Waals surface area (Å²) in [6.45, 7) is 4.83. The highest BCUT2D eigenvalue weighted by Crippen LogP contribution is 2.22. The fourth-order valence-electron chi connectivity index (χ4n) is 1.55. The Morgan fingerprint density at radius 2 is 2.20 bits per heavy atom. The van der Waals surface area contributed by atoms with Crippen molar-refractivity contribution in [3.05, 3.63) is 17.3 Å². The van der Waals surface area contributed by atoms with Gasteiger partial charge < -0.3 is 10.1 Å². The molecular weight excluding hydrogens is 302 g/mol. The minimum atomic E-state index is -3.62. The minimum absolute atomic E-state index is 0.0495. The Kier molecular flexibility index (Phi) is 6.67. The lowest BCUT2D eigenvalue weighted by atomic mass is 10.3. The van der Waals surface area contributed by atoms with E-state index in [1.807, 2.05) is 6.92 Å². The third-order valence-electron chi connectivity index (χ3n) is 2.58. The summed E-state index contributed by atoms with van der Waals surface area (Å²) >= 11 is 6.00. The van der Waals surface area contributed by atoms with E-state index in [2.05, 4.69) is 15.0 Å². The van der Waals surface area contributed by atoms with Crippen molar-refractivity contribution >= 4 is 27.4 Å². The Bertz CT molecular complexity index is 537. The number of methoxy groups -OCH3 is 1. The Balaban J connectivity index is 2.84. The fourth-order valence-corrected chi connectivity index (χ4v) is 3.10. The molecule has 1 rings (SSSR count). The molecule has 6 nitrogen and oxygen atoms in total. The van der Waals surface area contributed by atoms with Crippen molar-refractivity contribution < 1.29 is 13.2 Å². The number of rotatable bonds is 8. The van der Waals surface area contributed by atoms with E-state index < -0.39 is 10.0 Å². The summed E-state index contributed by atoms with van der Waals surface area (Å²) in [4.78, 5) is 4.07. The van der Waals surface area contributed by atoms with Crippen molar-refractivity contribution in [1.29, 1.82) is 0 Å². The third kappa shape index (κ3) is 4.90. The standard InChI is InChI=1S/C12H20ClN3O3S/c1-4-14-12-11(13)7-10(8-15-12)20(17,18)16-9(2)5-6-19-3/h7-9,16H,4-6H2,1-3H3,(H,14,15). The number of hydrogen-bond acceptors (Lipinski definition) is 5. The van der Waals surface area contributed by atoms with Gasteiger partial charge in [-0.2, -0.15) is 0 Å². The molecule has 0 amide bonds. The van der Waals surface area contributed by atoms with Gasteiger partial charge in [0.05, 0.1) is 5.02 Å². The number of anilines is 1. The summed E-state index contributed by atoms with van der Waals surface area (Å²) in [5, 5.41) is 3.23. The number of hydrogen-bond donors (Lipinski definition) is 2. The predicted octanol–water partition coefficient (Wildman–Crippen LogP) is 1.87.